The van der Waals surface area contributed by atoms with Crippen molar-refractivity contribution in [3.05, 3.63) is 40.8 Å². The Bertz CT molecular complexity index is 549. The fourth-order valence-corrected chi connectivity index (χ4v) is 1.51. The molecule has 0 atom stereocenters. The molecular weight excluding hydrogens is 228 g/mol. The number of aromatic carboxylic acids is 1. The van der Waals surface area contributed by atoms with Crippen LogP contribution in [0.4, 0.5) is 0 Å². The van der Waals surface area contributed by atoms with E-state index in [1.54, 1.807) is 6.07 Å². The van der Waals surface area contributed by atoms with Crippen molar-refractivity contribution in [1.29, 1.82) is 0 Å². The van der Waals surface area contributed by atoms with Crippen LogP contribution in [-0.4, -0.2) is 21.0 Å². The molecule has 0 unspecified atom stereocenters. The minimum Gasteiger partial charge on any atom is -0.475 e. The lowest BCUT2D eigenvalue weighted by Crippen LogP contribution is -1.98. The zero-order valence-electron chi connectivity index (χ0n) is 8.49. The maximum Gasteiger partial charge on any atom is 0.371 e. The molecule has 0 saturated heterocycles. The molecule has 0 amide bonds. The van der Waals surface area contributed by atoms with E-state index in [2.05, 4.69) is 9.97 Å². The molecule has 5 heteroatoms. The number of aromatic amines is 1. The lowest BCUT2D eigenvalue weighted by molar-refractivity contribution is 0.0685. The Morgan fingerprint density at radius 1 is 1.50 bits per heavy atom. The van der Waals surface area contributed by atoms with Gasteiger partial charge in [0, 0.05) is 5.02 Å². The molecule has 1 aromatic carbocycles. The summed E-state index contributed by atoms with van der Waals surface area (Å²) in [5.74, 6) is -1.14. The van der Waals surface area contributed by atoms with Gasteiger partial charge in [0.05, 0.1) is 11.9 Å². The molecule has 16 heavy (non-hydrogen) atoms. The third-order valence-electron chi connectivity index (χ3n) is 2.25. The van der Waals surface area contributed by atoms with E-state index in [0.29, 0.717) is 10.7 Å². The van der Waals surface area contributed by atoms with Gasteiger partial charge in [-0.3, -0.25) is 0 Å². The van der Waals surface area contributed by atoms with E-state index in [1.807, 2.05) is 19.1 Å². The minimum atomic E-state index is -1.07. The van der Waals surface area contributed by atoms with Crippen LogP contribution in [0.3, 0.4) is 0 Å². The fraction of sp³-hybridized carbons (Fsp3) is 0.0909. The molecule has 2 aromatic rings. The van der Waals surface area contributed by atoms with Crippen LogP contribution in [0, 0.1) is 6.92 Å². The van der Waals surface area contributed by atoms with Crippen molar-refractivity contribution >= 4 is 17.6 Å². The number of nitrogens with one attached hydrogen (secondary N) is 1. The molecule has 0 spiro atoms. The second kappa shape index (κ2) is 3.98. The highest BCUT2D eigenvalue weighted by Gasteiger charge is 2.09. The molecule has 0 aliphatic heterocycles. The number of hydrogen-bond acceptors (Lipinski definition) is 2. The first kappa shape index (κ1) is 10.7. The first-order valence-corrected chi connectivity index (χ1v) is 5.00. The molecule has 0 saturated carbocycles. The number of imidazole rings is 1. The molecule has 4 nitrogen and oxygen atoms in total. The van der Waals surface area contributed by atoms with Crippen LogP contribution in [0.2, 0.25) is 5.02 Å². The molecular formula is C11H9ClN2O2. The molecule has 0 radical (unpaired) electrons. The second-order valence-corrected chi connectivity index (χ2v) is 3.82. The number of carbonyl (C=O) groups is 1. The molecule has 2 N–H and O–H groups in total. The van der Waals surface area contributed by atoms with E-state index in [9.17, 15) is 4.79 Å². The maximum atomic E-state index is 10.7. The number of carboxylic acids is 1. The van der Waals surface area contributed by atoms with Gasteiger partial charge in [-0.2, -0.15) is 0 Å². The topological polar surface area (TPSA) is 66.0 Å². The minimum absolute atomic E-state index is 0.0670. The largest absolute Gasteiger partial charge is 0.475 e. The smallest absolute Gasteiger partial charge is 0.371 e. The third kappa shape index (κ3) is 1.92. The average molecular weight is 237 g/mol. The van der Waals surface area contributed by atoms with Crippen molar-refractivity contribution in [2.75, 3.05) is 0 Å². The third-order valence-corrected chi connectivity index (χ3v) is 2.67. The summed E-state index contributed by atoms with van der Waals surface area (Å²) in [6, 6.07) is 5.46. The summed E-state index contributed by atoms with van der Waals surface area (Å²) >= 11 is 5.90. The van der Waals surface area contributed by atoms with Crippen LogP contribution >= 0.6 is 11.6 Å². The Morgan fingerprint density at radius 2 is 2.25 bits per heavy atom. The highest BCUT2D eigenvalue weighted by atomic mass is 35.5. The number of carboxylic acid groups (broad SMARTS) is 1. The number of H-pyrrole nitrogens is 1. The highest BCUT2D eigenvalue weighted by molar-refractivity contribution is 6.31. The van der Waals surface area contributed by atoms with Crippen molar-refractivity contribution in [3.63, 3.8) is 0 Å². The van der Waals surface area contributed by atoms with Crippen LogP contribution in [-0.2, 0) is 0 Å². The SMILES string of the molecule is Cc1cc(-c2cnc(C(=O)O)[nH]2)ccc1Cl. The van der Waals surface area contributed by atoms with Gasteiger partial charge in [-0.15, -0.1) is 0 Å². The summed E-state index contributed by atoms with van der Waals surface area (Å²) < 4.78 is 0. The quantitative estimate of drug-likeness (QED) is 0.843. The normalized spacial score (nSPS) is 10.4. The van der Waals surface area contributed by atoms with Crippen molar-refractivity contribution in [3.8, 4) is 11.3 Å². The lowest BCUT2D eigenvalue weighted by Gasteiger charge is -2.01. The van der Waals surface area contributed by atoms with Gasteiger partial charge in [-0.1, -0.05) is 17.7 Å². The average Bonchev–Trinajstić information content (AvgIpc) is 2.71. The Kier molecular flexibility index (Phi) is 2.66. The van der Waals surface area contributed by atoms with Gasteiger partial charge in [0.2, 0.25) is 5.82 Å². The van der Waals surface area contributed by atoms with Crippen molar-refractivity contribution in [2.24, 2.45) is 0 Å². The van der Waals surface area contributed by atoms with E-state index in [1.165, 1.54) is 6.20 Å². The van der Waals surface area contributed by atoms with Crippen LogP contribution < -0.4 is 0 Å². The summed E-state index contributed by atoms with van der Waals surface area (Å²) in [6.07, 6.45) is 1.49. The zero-order chi connectivity index (χ0) is 11.7. The molecule has 0 bridgehead atoms. The first-order valence-electron chi connectivity index (χ1n) is 4.63. The van der Waals surface area contributed by atoms with E-state index in [-0.39, 0.29) is 5.82 Å². The van der Waals surface area contributed by atoms with Crippen LogP contribution in [0.25, 0.3) is 11.3 Å². The Morgan fingerprint density at radius 3 is 2.81 bits per heavy atom. The van der Waals surface area contributed by atoms with E-state index in [0.717, 1.165) is 11.1 Å². The molecule has 1 heterocycles. The van der Waals surface area contributed by atoms with Crippen LogP contribution in [0.15, 0.2) is 24.4 Å². The molecule has 1 aromatic heterocycles. The summed E-state index contributed by atoms with van der Waals surface area (Å²) in [4.78, 5) is 17.1. The monoisotopic (exact) mass is 236 g/mol. The van der Waals surface area contributed by atoms with Crippen molar-refractivity contribution in [1.82, 2.24) is 9.97 Å². The summed E-state index contributed by atoms with van der Waals surface area (Å²) in [5.41, 5.74) is 2.46. The Labute approximate surface area is 96.9 Å². The molecule has 0 aliphatic carbocycles. The number of hydrogen-bond donors (Lipinski definition) is 2. The molecule has 2 rings (SSSR count). The van der Waals surface area contributed by atoms with Gasteiger partial charge < -0.3 is 10.1 Å². The highest BCUT2D eigenvalue weighted by Crippen LogP contribution is 2.23. The van der Waals surface area contributed by atoms with E-state index >= 15 is 0 Å². The number of halogens is 1. The van der Waals surface area contributed by atoms with Gasteiger partial charge >= 0.3 is 5.97 Å². The number of rotatable bonds is 2. The Balaban J connectivity index is 2.42. The fourth-order valence-electron chi connectivity index (χ4n) is 1.39. The number of aromatic nitrogens is 2. The van der Waals surface area contributed by atoms with Gasteiger partial charge in [0.25, 0.3) is 0 Å². The molecule has 0 aliphatic rings. The number of aryl methyl sites for hydroxylation is 1. The van der Waals surface area contributed by atoms with Gasteiger partial charge in [0.1, 0.15) is 0 Å². The van der Waals surface area contributed by atoms with Crippen LogP contribution in [0.5, 0.6) is 0 Å². The van der Waals surface area contributed by atoms with Gasteiger partial charge in [-0.25, -0.2) is 9.78 Å². The predicted molar refractivity (Wildman–Crippen MR) is 60.7 cm³/mol. The molecule has 82 valence electrons. The Hall–Kier alpha value is -1.81. The van der Waals surface area contributed by atoms with Crippen molar-refractivity contribution < 1.29 is 9.90 Å². The van der Waals surface area contributed by atoms with Gasteiger partial charge in [0.15, 0.2) is 0 Å². The summed E-state index contributed by atoms with van der Waals surface area (Å²) in [5, 5.41) is 9.41. The van der Waals surface area contributed by atoms with E-state index < -0.39 is 5.97 Å². The lowest BCUT2D eigenvalue weighted by atomic mass is 10.1. The predicted octanol–water partition coefficient (Wildman–Crippen LogP) is 2.74. The molecule has 0 fully saturated rings. The van der Waals surface area contributed by atoms with E-state index in [4.69, 9.17) is 16.7 Å². The van der Waals surface area contributed by atoms with Crippen LogP contribution in [0.1, 0.15) is 16.2 Å². The summed E-state index contributed by atoms with van der Waals surface area (Å²) in [7, 11) is 0. The second-order valence-electron chi connectivity index (χ2n) is 3.41. The first-order chi connectivity index (χ1) is 7.58. The number of nitrogens with zero attached hydrogens (tertiary/aromatic N) is 1. The van der Waals surface area contributed by atoms with Gasteiger partial charge in [-0.05, 0) is 30.2 Å². The summed E-state index contributed by atoms with van der Waals surface area (Å²) in [6.45, 7) is 1.89. The maximum absolute atomic E-state index is 10.7. The standard InChI is InChI=1S/C11H9ClN2O2/c1-6-4-7(2-3-8(6)12)9-5-13-10(14-9)11(15)16/h2-5H,1H3,(H,13,14)(H,15,16). The number of benzene rings is 1. The zero-order valence-corrected chi connectivity index (χ0v) is 9.25. The van der Waals surface area contributed by atoms with Crippen molar-refractivity contribution in [2.45, 2.75) is 6.92 Å².